The first kappa shape index (κ1) is 22.3. The third-order valence-electron chi connectivity index (χ3n) is 6.86. The molecule has 1 aromatic heterocycles. The van der Waals surface area contributed by atoms with Crippen molar-refractivity contribution in [3.8, 4) is 5.75 Å². The predicted molar refractivity (Wildman–Crippen MR) is 116 cm³/mol. The number of aromatic hydroxyl groups is 1. The van der Waals surface area contributed by atoms with Crippen LogP contribution >= 0.6 is 0 Å². The highest BCUT2D eigenvalue weighted by molar-refractivity contribution is 6.22. The van der Waals surface area contributed by atoms with Crippen molar-refractivity contribution in [1.82, 2.24) is 5.16 Å². The Morgan fingerprint density at radius 1 is 1.14 bits per heavy atom. The van der Waals surface area contributed by atoms with Gasteiger partial charge < -0.3 is 36.0 Å². The van der Waals surface area contributed by atoms with Gasteiger partial charge in [-0.25, -0.2) is 0 Å². The van der Waals surface area contributed by atoms with Gasteiger partial charge in [0.2, 0.25) is 11.5 Å². The average molecular weight is 481 g/mol. The van der Waals surface area contributed by atoms with E-state index in [-0.39, 0.29) is 41.2 Å². The van der Waals surface area contributed by atoms with Gasteiger partial charge in [-0.3, -0.25) is 19.2 Å². The fourth-order valence-electron chi connectivity index (χ4n) is 5.26. The molecule has 3 aliphatic rings. The Labute approximate surface area is 196 Å². The second kappa shape index (κ2) is 7.53. The number of phenolic OH excluding ortho intramolecular Hbond substituents is 1. The van der Waals surface area contributed by atoms with E-state index in [1.807, 2.05) is 0 Å². The van der Waals surface area contributed by atoms with E-state index in [4.69, 9.17) is 10.3 Å². The number of ketones is 2. The number of carbonyl (C=O) groups is 4. The first-order chi connectivity index (χ1) is 16.6. The first-order valence-corrected chi connectivity index (χ1v) is 10.6. The number of phenols is 1. The summed E-state index contributed by atoms with van der Waals surface area (Å²) < 4.78 is 4.84. The van der Waals surface area contributed by atoms with E-state index in [1.165, 1.54) is 24.4 Å². The number of carbonyl (C=O) groups excluding carboxylic acids is 4. The minimum atomic E-state index is -2.64. The highest BCUT2D eigenvalue weighted by Crippen LogP contribution is 2.52. The number of fused-ring (bicyclic) bond motifs is 3. The van der Waals surface area contributed by atoms with Crippen LogP contribution in [0, 0.1) is 11.8 Å². The predicted octanol–water partition coefficient (Wildman–Crippen LogP) is 0.664. The molecule has 1 heterocycles. The SMILES string of the molecule is NC(=O)C1=C(O)C2(O)C(=O)C3=C(O)c4c(O)ccc(NC(=O)c5ccno5)c4CC3CC2CC1=O. The fraction of sp³-hybridized carbons (Fsp3) is 0.261. The number of hydrogen-bond donors (Lipinski definition) is 6. The normalized spacial score (nSPS) is 25.6. The molecule has 0 spiro atoms. The van der Waals surface area contributed by atoms with Crippen molar-refractivity contribution < 1.29 is 44.1 Å². The van der Waals surface area contributed by atoms with E-state index < -0.39 is 64.3 Å². The molecular weight excluding hydrogens is 462 g/mol. The molecule has 3 aliphatic carbocycles. The molecular formula is C23H19N3O9. The number of nitrogens with one attached hydrogen (secondary N) is 1. The maximum Gasteiger partial charge on any atom is 0.294 e. The number of amides is 2. The molecule has 2 aromatic rings. The zero-order valence-electron chi connectivity index (χ0n) is 17.9. The smallest absolute Gasteiger partial charge is 0.294 e. The third-order valence-corrected chi connectivity index (χ3v) is 6.86. The molecule has 0 radical (unpaired) electrons. The third kappa shape index (κ3) is 3.06. The van der Waals surface area contributed by atoms with Gasteiger partial charge in [-0.05, 0) is 36.5 Å². The molecule has 0 aliphatic heterocycles. The lowest BCUT2D eigenvalue weighted by molar-refractivity contribution is -0.147. The Hall–Kier alpha value is -4.45. The van der Waals surface area contributed by atoms with Crippen LogP contribution in [0.4, 0.5) is 5.69 Å². The molecule has 1 fully saturated rings. The summed E-state index contributed by atoms with van der Waals surface area (Å²) in [5, 5.41) is 49.4. The van der Waals surface area contributed by atoms with Gasteiger partial charge in [0.15, 0.2) is 11.4 Å². The average Bonchev–Trinajstić information content (AvgIpc) is 3.33. The molecule has 3 unspecified atom stereocenters. The van der Waals surface area contributed by atoms with Gasteiger partial charge in [-0.2, -0.15) is 0 Å². The van der Waals surface area contributed by atoms with Crippen LogP contribution in [0.25, 0.3) is 5.76 Å². The Kier molecular flexibility index (Phi) is 4.81. The number of rotatable bonds is 3. The summed E-state index contributed by atoms with van der Waals surface area (Å²) in [5.41, 5.74) is 1.83. The molecule has 1 saturated carbocycles. The number of aliphatic hydroxyl groups excluding tert-OH is 2. The van der Waals surface area contributed by atoms with Crippen molar-refractivity contribution in [3.63, 3.8) is 0 Å². The summed E-state index contributed by atoms with van der Waals surface area (Å²) in [6.45, 7) is 0. The van der Waals surface area contributed by atoms with E-state index in [0.717, 1.165) is 0 Å². The highest BCUT2D eigenvalue weighted by atomic mass is 16.5. The zero-order chi connectivity index (χ0) is 25.2. The lowest BCUT2D eigenvalue weighted by Crippen LogP contribution is -2.58. The molecule has 0 saturated heterocycles. The first-order valence-electron chi connectivity index (χ1n) is 10.6. The van der Waals surface area contributed by atoms with Crippen LogP contribution in [0.1, 0.15) is 34.5 Å². The topological polar surface area (TPSA) is 213 Å². The van der Waals surface area contributed by atoms with Crippen LogP contribution in [0.3, 0.4) is 0 Å². The van der Waals surface area contributed by atoms with Gasteiger partial charge in [0, 0.05) is 29.7 Å². The van der Waals surface area contributed by atoms with Gasteiger partial charge in [-0.1, -0.05) is 5.16 Å². The number of primary amides is 1. The van der Waals surface area contributed by atoms with E-state index in [0.29, 0.717) is 5.56 Å². The number of Topliss-reactive ketones (excluding diaryl/α,β-unsaturated/α-hetero) is 2. The Morgan fingerprint density at radius 2 is 1.89 bits per heavy atom. The van der Waals surface area contributed by atoms with Gasteiger partial charge >= 0.3 is 0 Å². The molecule has 35 heavy (non-hydrogen) atoms. The molecule has 180 valence electrons. The molecule has 5 rings (SSSR count). The molecule has 3 atom stereocenters. The zero-order valence-corrected chi connectivity index (χ0v) is 17.9. The van der Waals surface area contributed by atoms with Crippen LogP contribution in [0.5, 0.6) is 5.75 Å². The minimum Gasteiger partial charge on any atom is -0.508 e. The molecule has 7 N–H and O–H groups in total. The maximum absolute atomic E-state index is 13.5. The minimum absolute atomic E-state index is 0.0198. The van der Waals surface area contributed by atoms with Gasteiger partial charge in [0.1, 0.15) is 22.8 Å². The van der Waals surface area contributed by atoms with Crippen LogP contribution in [0.2, 0.25) is 0 Å². The summed E-state index contributed by atoms with van der Waals surface area (Å²) in [7, 11) is 0. The van der Waals surface area contributed by atoms with Gasteiger partial charge in [0.05, 0.1) is 11.8 Å². The lowest BCUT2D eigenvalue weighted by atomic mass is 9.59. The monoisotopic (exact) mass is 481 g/mol. The maximum atomic E-state index is 13.5. The number of hydrogen-bond acceptors (Lipinski definition) is 10. The summed E-state index contributed by atoms with van der Waals surface area (Å²) in [5.74, 6) is -7.88. The number of nitrogens with zero attached hydrogens (tertiary/aromatic N) is 1. The van der Waals surface area contributed by atoms with Crippen molar-refractivity contribution in [2.75, 3.05) is 5.32 Å². The van der Waals surface area contributed by atoms with E-state index in [9.17, 15) is 39.6 Å². The lowest BCUT2D eigenvalue weighted by Gasteiger charge is -2.46. The largest absolute Gasteiger partial charge is 0.508 e. The van der Waals surface area contributed by atoms with Gasteiger partial charge in [-0.15, -0.1) is 0 Å². The molecule has 1 aromatic carbocycles. The standard InChI is InChI=1S/C23H19N3O9/c24-21(32)17-13(28)7-9-5-8-6-10-11(26-22(33)14-3-4-25-35-14)1-2-12(27)16(10)18(29)15(8)19(30)23(9,34)20(17)31/h1-4,8-9,27,29,31,34H,5-7H2,(H2,24,32)(H,26,33). The number of aromatic nitrogens is 1. The highest BCUT2D eigenvalue weighted by Gasteiger charge is 2.60. The van der Waals surface area contributed by atoms with E-state index in [1.54, 1.807) is 0 Å². The van der Waals surface area contributed by atoms with Crippen molar-refractivity contribution in [2.45, 2.75) is 24.9 Å². The van der Waals surface area contributed by atoms with Crippen LogP contribution in [-0.4, -0.2) is 54.6 Å². The summed E-state index contributed by atoms with van der Waals surface area (Å²) in [6, 6.07) is 3.97. The second-order valence-electron chi connectivity index (χ2n) is 8.72. The fourth-order valence-corrected chi connectivity index (χ4v) is 5.26. The summed E-state index contributed by atoms with van der Waals surface area (Å²) >= 11 is 0. The van der Waals surface area contributed by atoms with Crippen molar-refractivity contribution >= 4 is 34.8 Å². The Balaban J connectivity index is 1.62. The number of nitrogens with two attached hydrogens (primary N) is 1. The molecule has 12 nitrogen and oxygen atoms in total. The van der Waals surface area contributed by atoms with Crippen LogP contribution < -0.4 is 11.1 Å². The molecule has 0 bridgehead atoms. The molecule has 12 heteroatoms. The Morgan fingerprint density at radius 3 is 2.54 bits per heavy atom. The number of anilines is 1. The van der Waals surface area contributed by atoms with Crippen LogP contribution in [-0.2, 0) is 20.8 Å². The van der Waals surface area contributed by atoms with E-state index in [2.05, 4.69) is 10.5 Å². The van der Waals surface area contributed by atoms with Crippen LogP contribution in [0.15, 0.2) is 45.8 Å². The number of benzene rings is 1. The van der Waals surface area contributed by atoms with Gasteiger partial charge in [0.25, 0.3) is 11.8 Å². The van der Waals surface area contributed by atoms with E-state index >= 15 is 0 Å². The summed E-state index contributed by atoms with van der Waals surface area (Å²) in [6.07, 6.45) is 0.899. The van der Waals surface area contributed by atoms with Crippen molar-refractivity contribution in [2.24, 2.45) is 17.6 Å². The Bertz CT molecular complexity index is 1390. The second-order valence-corrected chi connectivity index (χ2v) is 8.72. The van der Waals surface area contributed by atoms with Crippen molar-refractivity contribution in [3.05, 3.63) is 58.2 Å². The van der Waals surface area contributed by atoms with Crippen molar-refractivity contribution in [1.29, 1.82) is 0 Å². The summed E-state index contributed by atoms with van der Waals surface area (Å²) in [4.78, 5) is 50.0. The number of aliphatic hydroxyl groups is 3. The molecule has 2 amide bonds. The quantitative estimate of drug-likeness (QED) is 0.266.